The van der Waals surface area contributed by atoms with Crippen LogP contribution in [0.1, 0.15) is 235 Å². The van der Waals surface area contributed by atoms with Crippen LogP contribution in [0.2, 0.25) is 0 Å². The van der Waals surface area contributed by atoms with E-state index in [1.54, 1.807) is 0 Å². The fraction of sp³-hybridized carbons (Fsp3) is 0.892. The summed E-state index contributed by atoms with van der Waals surface area (Å²) in [4.78, 5) is 46.3. The third-order valence-corrected chi connectivity index (χ3v) is 6.15. The number of phosphoric ester groups is 1. The van der Waals surface area contributed by atoms with Gasteiger partial charge in [0.05, 0.1) is 6.61 Å². The van der Waals surface area contributed by atoms with Crippen molar-refractivity contribution >= 4 is 19.8 Å². The van der Waals surface area contributed by atoms with E-state index < -0.39 is 135 Å². The fourth-order valence-corrected chi connectivity index (χ4v) is 3.86. The first-order chi connectivity index (χ1) is 34.0. The van der Waals surface area contributed by atoms with Crippen molar-refractivity contribution in [1.82, 2.24) is 0 Å². The minimum atomic E-state index is -5.61. The molecule has 272 valence electrons. The maximum atomic E-state index is 13.2. The first-order valence-electron chi connectivity index (χ1n) is 30.7. The van der Waals surface area contributed by atoms with Gasteiger partial charge in [-0.2, -0.15) is 0 Å². The van der Waals surface area contributed by atoms with Crippen molar-refractivity contribution in [1.29, 1.82) is 0 Å². The topological polar surface area (TPSA) is 122 Å². The van der Waals surface area contributed by atoms with Crippen molar-refractivity contribution in [2.75, 3.05) is 13.2 Å². The first kappa shape index (κ1) is 17.1. The normalized spacial score (nSPS) is 27.6. The van der Waals surface area contributed by atoms with Crippen molar-refractivity contribution < 1.29 is 110 Å². The summed E-state index contributed by atoms with van der Waals surface area (Å²) in [6, 6.07) is 0. The molecular weight excluding hydrogens is 626 g/mol. The number of carbonyl (C=O) groups excluding carboxylic acids is 2. The monoisotopic (exact) mass is 728 g/mol. The van der Waals surface area contributed by atoms with Gasteiger partial charge in [-0.1, -0.05) is 154 Å². The molecule has 0 bridgehead atoms. The number of esters is 2. The Hall–Kier alpha value is -0.210. The quantitative estimate of drug-likeness (QED) is 0.0235. The molecule has 0 aliphatic rings. The fourth-order valence-electron chi connectivity index (χ4n) is 3.51. The molecule has 0 rings (SSSR count). The van der Waals surface area contributed by atoms with Crippen LogP contribution in [-0.2, 0) is 28.2 Å². The summed E-state index contributed by atoms with van der Waals surface area (Å²) in [6.45, 7) is -4.78. The van der Waals surface area contributed by atoms with Gasteiger partial charge in [-0.05, 0) is 38.5 Å². The molecule has 0 aromatic carbocycles. The van der Waals surface area contributed by atoms with Crippen molar-refractivity contribution in [2.24, 2.45) is 0 Å². The number of hydrogen-bond donors (Lipinski definition) is 1. The molecule has 0 saturated carbocycles. The van der Waals surface area contributed by atoms with Crippen LogP contribution < -0.4 is 34.5 Å². The number of unbranched alkanes of at least 4 members (excludes halogenated alkanes) is 11. The number of phosphoric acid groups is 1. The maximum Gasteiger partial charge on any atom is 1.00 e. The standard InChI is InChI=1S/C37H71O8P.Na/c1-3-5-7-9-11-13-15-17-18-20-22-24-26-28-30-32-37(39)45-35(34-44-46(40,41)42)33-43-36(38)31-29-27-25-23-21-19-16-14-12-10-8-6-4-2;/h17-18,35H,3-16,19-34H2,1-2H3,(H2,40,41,42);/q;+1/p-1/b18-17-;/t35-;/m1./s1/i2D3,4D2,6D2,8D2,10D2,12D2,14D2,16D2,19D2,21D2,23D2,25D2,27D2,29D2,31D2;. The van der Waals surface area contributed by atoms with Gasteiger partial charge in [-0.25, -0.2) is 0 Å². The molecule has 0 aromatic rings. The smallest absolute Gasteiger partial charge is 0.756 e. The van der Waals surface area contributed by atoms with Crippen LogP contribution >= 0.6 is 7.82 Å². The van der Waals surface area contributed by atoms with E-state index in [1.807, 2.05) is 0 Å². The predicted octanol–water partition coefficient (Wildman–Crippen LogP) is 7.44. The second-order valence-electron chi connectivity index (χ2n) is 9.56. The largest absolute Gasteiger partial charge is 1.00 e. The molecule has 1 N–H and O–H groups in total. The molecule has 0 radical (unpaired) electrons. The summed E-state index contributed by atoms with van der Waals surface area (Å²) in [5, 5.41) is 0. The summed E-state index contributed by atoms with van der Waals surface area (Å²) in [6.07, 6.45) is -56.0. The SMILES string of the molecule is [2H]C([2H])([2H])C([2H])([2H])C([2H])([2H])C([2H])([2H])C([2H])([2H])C([2H])([2H])C([2H])([2H])C([2H])([2H])C([2H])([2H])C([2H])([2H])C([2H])([2H])C([2H])([2H])C([2H])([2H])C([2H])([2H])C([2H])([2H])C(=O)OC[C@H](COP(=O)([O-])O)OC(=O)CCCCCCC/C=C\CCCCCCCC.[Na+]. The average molecular weight is 728 g/mol. The third kappa shape index (κ3) is 40.1. The van der Waals surface area contributed by atoms with Crippen LogP contribution in [0.15, 0.2) is 12.2 Å². The summed E-state index contributed by atoms with van der Waals surface area (Å²) in [5.74, 6) is -3.61. The Kier molecular flexibility index (Phi) is 13.5. The van der Waals surface area contributed by atoms with Gasteiger partial charge in [0.1, 0.15) is 6.61 Å². The molecule has 2 atom stereocenters. The molecule has 0 saturated heterocycles. The number of hydrogen-bond acceptors (Lipinski definition) is 7. The Morgan fingerprint density at radius 1 is 0.745 bits per heavy atom. The van der Waals surface area contributed by atoms with Crippen LogP contribution in [0.25, 0.3) is 0 Å². The Bertz CT molecular complexity index is 2010. The third-order valence-electron chi connectivity index (χ3n) is 5.68. The van der Waals surface area contributed by atoms with Gasteiger partial charge < -0.3 is 23.8 Å². The molecule has 0 aliphatic heterocycles. The molecule has 0 aliphatic carbocycles. The van der Waals surface area contributed by atoms with Crippen LogP contribution in [-0.4, -0.2) is 36.1 Å². The summed E-state index contributed by atoms with van der Waals surface area (Å²) >= 11 is 0. The van der Waals surface area contributed by atoms with Crippen molar-refractivity contribution in [3.05, 3.63) is 12.2 Å². The molecular formula is C37H70NaO8P. The molecule has 0 heterocycles. The van der Waals surface area contributed by atoms with Gasteiger partial charge in [0, 0.05) is 55.3 Å². The Morgan fingerprint density at radius 3 is 1.77 bits per heavy atom. The van der Waals surface area contributed by atoms with Crippen LogP contribution in [0, 0.1) is 0 Å². The summed E-state index contributed by atoms with van der Waals surface area (Å²) in [7, 11) is -5.61. The number of carbonyl (C=O) groups is 2. The molecule has 1 unspecified atom stereocenters. The second kappa shape index (κ2) is 37.1. The van der Waals surface area contributed by atoms with Crippen molar-refractivity contribution in [3.63, 3.8) is 0 Å². The van der Waals surface area contributed by atoms with Gasteiger partial charge in [-0.15, -0.1) is 0 Å². The predicted molar refractivity (Wildman–Crippen MR) is 186 cm³/mol. The average Bonchev–Trinajstić information content (AvgIpc) is 3.26. The van der Waals surface area contributed by atoms with Crippen LogP contribution in [0.3, 0.4) is 0 Å². The molecule has 10 heteroatoms. The molecule has 47 heavy (non-hydrogen) atoms. The van der Waals surface area contributed by atoms with Gasteiger partial charge in [-0.3, -0.25) is 14.2 Å². The molecule has 0 amide bonds. The molecule has 0 fully saturated rings. The van der Waals surface area contributed by atoms with E-state index in [2.05, 4.69) is 28.3 Å². The zero-order chi connectivity index (χ0) is 61.6. The van der Waals surface area contributed by atoms with E-state index in [1.165, 1.54) is 32.1 Å². The Labute approximate surface area is 354 Å². The Morgan fingerprint density at radius 2 is 1.23 bits per heavy atom. The molecule has 0 spiro atoms. The van der Waals surface area contributed by atoms with Crippen molar-refractivity contribution in [3.8, 4) is 0 Å². The van der Waals surface area contributed by atoms with Gasteiger partial charge in [0.15, 0.2) is 6.10 Å². The maximum absolute atomic E-state index is 13.2. The first-order valence-corrected chi connectivity index (χ1v) is 16.6. The van der Waals surface area contributed by atoms with Gasteiger partial charge in [0.2, 0.25) is 0 Å². The zero-order valence-corrected chi connectivity index (χ0v) is 30.2. The van der Waals surface area contributed by atoms with E-state index in [0.717, 1.165) is 32.1 Å². The van der Waals surface area contributed by atoms with E-state index in [9.17, 15) is 19.0 Å². The van der Waals surface area contributed by atoms with E-state index in [0.29, 0.717) is 12.8 Å². The number of rotatable bonds is 35. The van der Waals surface area contributed by atoms with Gasteiger partial charge >= 0.3 is 41.5 Å². The zero-order valence-electron chi connectivity index (χ0n) is 58.3. The number of ether oxygens (including phenoxy) is 2. The second-order valence-corrected chi connectivity index (χ2v) is 10.8. The number of allylic oxidation sites excluding steroid dienone is 2. The summed E-state index contributed by atoms with van der Waals surface area (Å²) < 4.78 is 277. The Balaban J connectivity index is 0. The van der Waals surface area contributed by atoms with E-state index in [-0.39, 0.29) is 42.4 Å². The van der Waals surface area contributed by atoms with E-state index in [4.69, 9.17) is 52.1 Å². The van der Waals surface area contributed by atoms with E-state index >= 15 is 0 Å². The molecule has 8 nitrogen and oxygen atoms in total. The summed E-state index contributed by atoms with van der Waals surface area (Å²) in [5.41, 5.74) is 0. The minimum Gasteiger partial charge on any atom is -0.756 e. The molecule has 0 aromatic heterocycles. The van der Waals surface area contributed by atoms with Crippen LogP contribution in [0.5, 0.6) is 0 Å². The van der Waals surface area contributed by atoms with Crippen LogP contribution in [0.4, 0.5) is 0 Å². The van der Waals surface area contributed by atoms with Gasteiger partial charge in [0.25, 0.3) is 7.82 Å². The van der Waals surface area contributed by atoms with Crippen molar-refractivity contribution in [2.45, 2.75) is 199 Å². The minimum absolute atomic E-state index is 0.